The minimum absolute atomic E-state index is 0.0461. The molecular weight excluding hydrogens is 721 g/mol. The number of hydrogen-bond acceptors (Lipinski definition) is 0. The van der Waals surface area contributed by atoms with Gasteiger partial charge in [0.1, 0.15) is 0 Å². The molecule has 0 N–H and O–H groups in total. The molecule has 304 valence electrons. The maximum Gasteiger partial charge on any atom is -0.000673 e. The van der Waals surface area contributed by atoms with Crippen LogP contribution in [0.3, 0.4) is 0 Å². The maximum absolute atomic E-state index is 2.61. The smallest absolute Gasteiger partial charge is 0.000673 e. The third-order valence-electron chi connectivity index (χ3n) is 12.5. The van der Waals surface area contributed by atoms with Crippen molar-refractivity contribution < 1.29 is 0 Å². The standard InChI is InChI=1S/C60H64/c1-57(2,3)50-38-46-37-47-52(45-25-19-20-26-45)56(60(10,11)12)55(59(7,8)9)49(36-40-29-33-44(34-30-40)42-23-17-14-18-24-42)53(47)51(46)48(54(50)58(4,5)6)35-39-27-31-43(32-28-39)41-21-15-13-16-22-41/h13-25,27-36,38H,26,37H2,1-12H3. The first-order valence-corrected chi connectivity index (χ1v) is 22.1. The van der Waals surface area contributed by atoms with Gasteiger partial charge in [0, 0.05) is 0 Å². The summed E-state index contributed by atoms with van der Waals surface area (Å²) in [5.74, 6) is 0. The summed E-state index contributed by atoms with van der Waals surface area (Å²) in [7, 11) is 0. The Labute approximate surface area is 360 Å². The number of rotatable bonds is 5. The minimum atomic E-state index is -0.132. The molecule has 0 amide bonds. The van der Waals surface area contributed by atoms with Gasteiger partial charge < -0.3 is 0 Å². The van der Waals surface area contributed by atoms with Crippen LogP contribution in [0.1, 0.15) is 140 Å². The lowest BCUT2D eigenvalue weighted by atomic mass is 9.69. The van der Waals surface area contributed by atoms with E-state index in [4.69, 9.17) is 0 Å². The fraction of sp³-hybridized carbons (Fsp3) is 0.300. The van der Waals surface area contributed by atoms with Crippen molar-refractivity contribution in [2.75, 3.05) is 0 Å². The van der Waals surface area contributed by atoms with Gasteiger partial charge in [0.15, 0.2) is 0 Å². The Morgan fingerprint density at radius 2 is 0.900 bits per heavy atom. The molecule has 0 nitrogen and oxygen atoms in total. The van der Waals surface area contributed by atoms with Crippen molar-refractivity contribution in [2.45, 2.75) is 118 Å². The zero-order chi connectivity index (χ0) is 42.8. The van der Waals surface area contributed by atoms with Gasteiger partial charge in [-0.25, -0.2) is 0 Å². The van der Waals surface area contributed by atoms with E-state index < -0.39 is 0 Å². The highest BCUT2D eigenvalue weighted by molar-refractivity contribution is 5.80. The van der Waals surface area contributed by atoms with Crippen LogP contribution in [-0.2, 0) is 28.1 Å². The van der Waals surface area contributed by atoms with Gasteiger partial charge in [-0.3, -0.25) is 0 Å². The predicted molar refractivity (Wildman–Crippen MR) is 260 cm³/mol. The van der Waals surface area contributed by atoms with E-state index >= 15 is 0 Å². The van der Waals surface area contributed by atoms with E-state index in [1.807, 2.05) is 0 Å². The highest BCUT2D eigenvalue weighted by Crippen LogP contribution is 2.44. The number of benzene rings is 6. The maximum atomic E-state index is 2.61. The number of fused-ring (bicyclic) bond motifs is 2. The molecule has 0 radical (unpaired) electrons. The van der Waals surface area contributed by atoms with Crippen molar-refractivity contribution in [3.8, 4) is 22.3 Å². The van der Waals surface area contributed by atoms with Crippen LogP contribution in [0.5, 0.6) is 0 Å². The van der Waals surface area contributed by atoms with Crippen LogP contribution in [0.2, 0.25) is 0 Å². The molecule has 0 saturated heterocycles. The first-order valence-electron chi connectivity index (χ1n) is 22.1. The molecule has 0 heterocycles. The van der Waals surface area contributed by atoms with Gasteiger partial charge in [-0.2, -0.15) is 0 Å². The number of hydrogen-bond donors (Lipinski definition) is 0. The van der Waals surface area contributed by atoms with E-state index in [0.29, 0.717) is 0 Å². The van der Waals surface area contributed by atoms with E-state index in [9.17, 15) is 0 Å². The van der Waals surface area contributed by atoms with E-state index in [2.05, 4.69) is 229 Å². The van der Waals surface area contributed by atoms with Gasteiger partial charge in [-0.15, -0.1) is 0 Å². The highest BCUT2D eigenvalue weighted by atomic mass is 14.4. The molecule has 0 heteroatoms. The van der Waals surface area contributed by atoms with E-state index in [0.717, 1.165) is 12.8 Å². The largest absolute Gasteiger partial charge is 0.0801 e. The summed E-state index contributed by atoms with van der Waals surface area (Å²) in [4.78, 5) is 0. The van der Waals surface area contributed by atoms with Crippen LogP contribution in [0.4, 0.5) is 0 Å². The van der Waals surface area contributed by atoms with Crippen LogP contribution in [-0.4, -0.2) is 0 Å². The van der Waals surface area contributed by atoms with Crippen molar-refractivity contribution in [3.05, 3.63) is 204 Å². The summed E-state index contributed by atoms with van der Waals surface area (Å²) in [6.07, 6.45) is 14.0. The monoisotopic (exact) mass is 785 g/mol. The van der Waals surface area contributed by atoms with Gasteiger partial charge in [-0.1, -0.05) is 217 Å². The molecule has 8 rings (SSSR count). The van der Waals surface area contributed by atoms with Crippen molar-refractivity contribution >= 4 is 17.7 Å². The van der Waals surface area contributed by atoms with Crippen LogP contribution in [0.15, 0.2) is 133 Å². The molecular formula is C60H64. The molecule has 2 aliphatic carbocycles. The summed E-state index contributed by atoms with van der Waals surface area (Å²) >= 11 is 0. The quantitative estimate of drug-likeness (QED) is 0.163. The molecule has 0 bridgehead atoms. The SMILES string of the molecule is CC(C)(C)c1cc2c(c(=Cc3ccc(-c4ccccc4)cc3)c1C(C)(C)C)=c1c(c(C3=CC=CC3)c(C(C)(C)C)c(C(C)(C)C)c1=Cc1ccc(-c3ccccc3)cc1)C2. The molecule has 6 aromatic carbocycles. The highest BCUT2D eigenvalue weighted by Gasteiger charge is 2.36. The van der Waals surface area contributed by atoms with Gasteiger partial charge >= 0.3 is 0 Å². The van der Waals surface area contributed by atoms with Gasteiger partial charge in [0.05, 0.1) is 0 Å². The van der Waals surface area contributed by atoms with Crippen LogP contribution in [0.25, 0.3) is 40.0 Å². The number of allylic oxidation sites excluding steroid dienone is 4. The molecule has 0 atom stereocenters. The Morgan fingerprint density at radius 3 is 1.32 bits per heavy atom. The summed E-state index contributed by atoms with van der Waals surface area (Å²) < 4.78 is 0. The Morgan fingerprint density at radius 1 is 0.450 bits per heavy atom. The molecule has 0 spiro atoms. The van der Waals surface area contributed by atoms with Crippen molar-refractivity contribution in [2.24, 2.45) is 0 Å². The zero-order valence-electron chi connectivity index (χ0n) is 38.3. The lowest BCUT2D eigenvalue weighted by molar-refractivity contribution is 0.524. The average molecular weight is 785 g/mol. The second kappa shape index (κ2) is 15.2. The Kier molecular flexibility index (Phi) is 10.5. The van der Waals surface area contributed by atoms with Gasteiger partial charge in [-0.05, 0) is 145 Å². The van der Waals surface area contributed by atoms with Crippen molar-refractivity contribution in [1.29, 1.82) is 0 Å². The lowest BCUT2D eigenvalue weighted by Gasteiger charge is -2.35. The third-order valence-corrected chi connectivity index (χ3v) is 12.5. The molecule has 60 heavy (non-hydrogen) atoms. The lowest BCUT2D eigenvalue weighted by Crippen LogP contribution is -2.34. The second-order valence-corrected chi connectivity index (χ2v) is 21.4. The summed E-state index contributed by atoms with van der Waals surface area (Å²) in [5, 5.41) is 5.59. The molecule has 0 fully saturated rings. The van der Waals surface area contributed by atoms with Crippen molar-refractivity contribution in [3.63, 3.8) is 0 Å². The van der Waals surface area contributed by atoms with E-state index in [1.54, 1.807) is 0 Å². The minimum Gasteiger partial charge on any atom is -0.0801 e. The van der Waals surface area contributed by atoms with E-state index in [-0.39, 0.29) is 21.7 Å². The molecule has 2 aliphatic rings. The molecule has 0 unspecified atom stereocenters. The zero-order valence-corrected chi connectivity index (χ0v) is 38.3. The fourth-order valence-electron chi connectivity index (χ4n) is 10.0. The molecule has 0 aromatic heterocycles. The summed E-state index contributed by atoms with van der Waals surface area (Å²) in [6, 6.07) is 42.6. The second-order valence-electron chi connectivity index (χ2n) is 21.4. The van der Waals surface area contributed by atoms with Gasteiger partial charge in [0.25, 0.3) is 0 Å². The summed E-state index contributed by atoms with van der Waals surface area (Å²) in [5.41, 5.74) is 18.8. The first-order chi connectivity index (χ1) is 28.3. The third kappa shape index (κ3) is 7.83. The average Bonchev–Trinajstić information content (AvgIpc) is 3.86. The summed E-state index contributed by atoms with van der Waals surface area (Å²) in [6.45, 7) is 29.1. The fourth-order valence-corrected chi connectivity index (χ4v) is 10.0. The molecule has 0 saturated carbocycles. The van der Waals surface area contributed by atoms with Crippen molar-refractivity contribution in [1.82, 2.24) is 0 Å². The molecule has 0 aliphatic heterocycles. The predicted octanol–water partition coefficient (Wildman–Crippen LogP) is 14.4. The first kappa shape index (κ1) is 41.3. The Bertz CT molecular complexity index is 2870. The molecule has 6 aromatic rings. The Balaban J connectivity index is 1.61. The topological polar surface area (TPSA) is 0 Å². The Hall–Kier alpha value is -5.46. The normalized spacial score (nSPS) is 14.8. The van der Waals surface area contributed by atoms with Gasteiger partial charge in [0.2, 0.25) is 0 Å². The van der Waals surface area contributed by atoms with Crippen LogP contribution in [0, 0.1) is 10.4 Å². The van der Waals surface area contributed by atoms with Crippen LogP contribution < -0.4 is 10.4 Å². The van der Waals surface area contributed by atoms with E-state index in [1.165, 1.54) is 98.8 Å². The van der Waals surface area contributed by atoms with Crippen LogP contribution >= 0.6 is 0 Å².